The molecule has 0 saturated carbocycles. The molecule has 2 heterocycles. The van der Waals surface area contributed by atoms with Crippen LogP contribution in [0.25, 0.3) is 15.9 Å². The zero-order chi connectivity index (χ0) is 15.3. The number of nitrogens with zero attached hydrogens (tertiary/aromatic N) is 1. The Morgan fingerprint density at radius 1 is 1.18 bits per heavy atom. The van der Waals surface area contributed by atoms with Gasteiger partial charge in [0.1, 0.15) is 4.83 Å². The first-order valence-electron chi connectivity index (χ1n) is 7.20. The molecule has 22 heavy (non-hydrogen) atoms. The third-order valence-electron chi connectivity index (χ3n) is 4.10. The fourth-order valence-electron chi connectivity index (χ4n) is 3.06. The normalized spacial score (nSPS) is 14.2. The molecule has 0 spiro atoms. The number of fused-ring (bicyclic) bond motifs is 3. The average molecular weight is 349 g/mol. The number of hydrogen-bond acceptors (Lipinski definition) is 3. The van der Waals surface area contributed by atoms with Crippen molar-refractivity contribution in [1.29, 1.82) is 0 Å². The maximum Gasteiger partial charge on any atom is 0.267 e. The molecule has 3 aromatic rings. The number of thiophene rings is 1. The second-order valence-corrected chi connectivity index (χ2v) is 7.39. The van der Waals surface area contributed by atoms with Gasteiger partial charge in [-0.05, 0) is 67.7 Å². The van der Waals surface area contributed by atoms with Crippen molar-refractivity contribution in [1.82, 2.24) is 9.55 Å². The molecular weight excluding hydrogens is 336 g/mol. The Bertz CT molecular complexity index is 982. The van der Waals surface area contributed by atoms with E-state index >= 15 is 0 Å². The second kappa shape index (κ2) is 5.33. The number of aromatic amines is 1. The molecule has 0 unspecified atom stereocenters. The topological polar surface area (TPSA) is 37.8 Å². The quantitative estimate of drug-likeness (QED) is 0.650. The van der Waals surface area contributed by atoms with Crippen molar-refractivity contribution in [3.8, 4) is 5.69 Å². The van der Waals surface area contributed by atoms with Crippen LogP contribution in [0.3, 0.4) is 0 Å². The fourth-order valence-corrected chi connectivity index (χ4v) is 4.82. The largest absolute Gasteiger partial charge is 0.323 e. The summed E-state index contributed by atoms with van der Waals surface area (Å²) in [4.78, 5) is 18.5. The van der Waals surface area contributed by atoms with E-state index in [1.165, 1.54) is 16.9 Å². The molecule has 4 rings (SSSR count). The van der Waals surface area contributed by atoms with Gasteiger partial charge >= 0.3 is 0 Å². The van der Waals surface area contributed by atoms with Crippen molar-refractivity contribution < 1.29 is 0 Å². The van der Waals surface area contributed by atoms with Crippen LogP contribution >= 0.6 is 35.2 Å². The Balaban J connectivity index is 2.05. The SMILES string of the molecule is O=c1c2c3c(sc2[nH]c(=S)n1-c1ccc(Cl)cc1)CCCC3. The summed E-state index contributed by atoms with van der Waals surface area (Å²) in [5, 5.41) is 1.45. The third-order valence-corrected chi connectivity index (χ3v) is 5.84. The zero-order valence-electron chi connectivity index (χ0n) is 11.7. The Labute approximate surface area is 141 Å². The van der Waals surface area contributed by atoms with Gasteiger partial charge in [-0.15, -0.1) is 11.3 Å². The fraction of sp³-hybridized carbons (Fsp3) is 0.250. The van der Waals surface area contributed by atoms with Crippen LogP contribution in [0.4, 0.5) is 0 Å². The van der Waals surface area contributed by atoms with Gasteiger partial charge in [-0.25, -0.2) is 0 Å². The van der Waals surface area contributed by atoms with Gasteiger partial charge in [0.15, 0.2) is 4.77 Å². The molecule has 0 radical (unpaired) electrons. The summed E-state index contributed by atoms with van der Waals surface area (Å²) >= 11 is 13.0. The van der Waals surface area contributed by atoms with Gasteiger partial charge < -0.3 is 4.98 Å². The molecule has 0 saturated heterocycles. The average Bonchev–Trinajstić information content (AvgIpc) is 2.87. The number of nitrogens with one attached hydrogen (secondary N) is 1. The number of aryl methyl sites for hydroxylation is 2. The predicted molar refractivity (Wildman–Crippen MR) is 94.3 cm³/mol. The molecule has 0 bridgehead atoms. The van der Waals surface area contributed by atoms with E-state index in [9.17, 15) is 4.79 Å². The number of hydrogen-bond donors (Lipinski definition) is 1. The van der Waals surface area contributed by atoms with Crippen LogP contribution in [0.5, 0.6) is 0 Å². The predicted octanol–water partition coefficient (Wildman–Crippen LogP) is 4.64. The van der Waals surface area contributed by atoms with Crippen LogP contribution in [-0.2, 0) is 12.8 Å². The van der Waals surface area contributed by atoms with Crippen molar-refractivity contribution in [2.24, 2.45) is 0 Å². The van der Waals surface area contributed by atoms with Gasteiger partial charge in [0.25, 0.3) is 5.56 Å². The molecule has 2 aromatic heterocycles. The number of rotatable bonds is 1. The number of H-pyrrole nitrogens is 1. The number of aromatic nitrogens is 2. The monoisotopic (exact) mass is 348 g/mol. The summed E-state index contributed by atoms with van der Waals surface area (Å²) in [5.74, 6) is 0. The van der Waals surface area contributed by atoms with Crippen LogP contribution in [0, 0.1) is 4.77 Å². The molecule has 1 aliphatic carbocycles. The maximum atomic E-state index is 13.0. The standard InChI is InChI=1S/C16H13ClN2OS2/c17-9-5-7-10(8-6-9)19-15(20)13-11-3-1-2-4-12(11)22-14(13)18-16(19)21/h5-8H,1-4H2,(H,18,21). The smallest absolute Gasteiger partial charge is 0.267 e. The van der Waals surface area contributed by atoms with Gasteiger partial charge in [-0.2, -0.15) is 0 Å². The van der Waals surface area contributed by atoms with E-state index in [2.05, 4.69) is 4.98 Å². The first kappa shape index (κ1) is 14.2. The molecule has 6 heteroatoms. The van der Waals surface area contributed by atoms with E-state index in [0.29, 0.717) is 9.79 Å². The van der Waals surface area contributed by atoms with Gasteiger partial charge in [0.2, 0.25) is 0 Å². The number of benzene rings is 1. The van der Waals surface area contributed by atoms with E-state index in [-0.39, 0.29) is 5.56 Å². The van der Waals surface area contributed by atoms with Crippen LogP contribution in [0.1, 0.15) is 23.3 Å². The van der Waals surface area contributed by atoms with Gasteiger partial charge in [0.05, 0.1) is 11.1 Å². The molecule has 0 fully saturated rings. The number of halogens is 1. The van der Waals surface area contributed by atoms with Gasteiger partial charge in [0, 0.05) is 9.90 Å². The highest BCUT2D eigenvalue weighted by molar-refractivity contribution is 7.71. The minimum absolute atomic E-state index is 0.0273. The molecule has 3 nitrogen and oxygen atoms in total. The summed E-state index contributed by atoms with van der Waals surface area (Å²) in [6.07, 6.45) is 4.40. The molecule has 112 valence electrons. The lowest BCUT2D eigenvalue weighted by Crippen LogP contribution is -2.21. The van der Waals surface area contributed by atoms with Crippen molar-refractivity contribution in [3.63, 3.8) is 0 Å². The zero-order valence-corrected chi connectivity index (χ0v) is 14.1. The van der Waals surface area contributed by atoms with Crippen LogP contribution in [0.15, 0.2) is 29.1 Å². The van der Waals surface area contributed by atoms with Crippen LogP contribution < -0.4 is 5.56 Å². The summed E-state index contributed by atoms with van der Waals surface area (Å²) in [6, 6.07) is 7.17. The highest BCUT2D eigenvalue weighted by Gasteiger charge is 2.20. The lowest BCUT2D eigenvalue weighted by molar-refractivity contribution is 0.699. The van der Waals surface area contributed by atoms with Crippen LogP contribution in [0.2, 0.25) is 5.02 Å². The van der Waals surface area contributed by atoms with E-state index < -0.39 is 0 Å². The van der Waals surface area contributed by atoms with Crippen molar-refractivity contribution >= 4 is 45.4 Å². The van der Waals surface area contributed by atoms with E-state index in [0.717, 1.165) is 35.2 Å². The van der Waals surface area contributed by atoms with Gasteiger partial charge in [-0.3, -0.25) is 9.36 Å². The third kappa shape index (κ3) is 2.16. The summed E-state index contributed by atoms with van der Waals surface area (Å²) < 4.78 is 1.99. The first-order chi connectivity index (χ1) is 10.6. The first-order valence-corrected chi connectivity index (χ1v) is 8.81. The molecular formula is C16H13ClN2OS2. The van der Waals surface area contributed by atoms with E-state index in [4.69, 9.17) is 23.8 Å². The molecule has 1 aromatic carbocycles. The molecule has 1 aliphatic rings. The highest BCUT2D eigenvalue weighted by atomic mass is 35.5. The maximum absolute atomic E-state index is 13.0. The van der Waals surface area contributed by atoms with Crippen molar-refractivity contribution in [2.75, 3.05) is 0 Å². The minimum atomic E-state index is -0.0273. The highest BCUT2D eigenvalue weighted by Crippen LogP contribution is 2.33. The Kier molecular flexibility index (Phi) is 3.44. The second-order valence-electron chi connectivity index (χ2n) is 5.46. The van der Waals surface area contributed by atoms with Crippen molar-refractivity contribution in [2.45, 2.75) is 25.7 Å². The van der Waals surface area contributed by atoms with Gasteiger partial charge in [-0.1, -0.05) is 11.6 Å². The Morgan fingerprint density at radius 3 is 2.68 bits per heavy atom. The summed E-state index contributed by atoms with van der Waals surface area (Å²) in [6.45, 7) is 0. The Hall–Kier alpha value is -1.43. The van der Waals surface area contributed by atoms with Crippen LogP contribution in [-0.4, -0.2) is 9.55 Å². The summed E-state index contributed by atoms with van der Waals surface area (Å²) in [7, 11) is 0. The lowest BCUT2D eigenvalue weighted by atomic mass is 9.97. The lowest BCUT2D eigenvalue weighted by Gasteiger charge is -2.11. The Morgan fingerprint density at radius 2 is 1.91 bits per heavy atom. The molecule has 1 N–H and O–H groups in total. The molecule has 0 atom stereocenters. The van der Waals surface area contributed by atoms with Crippen molar-refractivity contribution in [3.05, 3.63) is 54.9 Å². The molecule has 0 amide bonds. The van der Waals surface area contributed by atoms with E-state index in [1.807, 2.05) is 12.1 Å². The van der Waals surface area contributed by atoms with E-state index in [1.54, 1.807) is 28.0 Å². The minimum Gasteiger partial charge on any atom is -0.323 e. The molecule has 0 aliphatic heterocycles. The summed E-state index contributed by atoms with van der Waals surface area (Å²) in [5.41, 5.74) is 1.93.